The van der Waals surface area contributed by atoms with E-state index in [2.05, 4.69) is 12.1 Å². The predicted molar refractivity (Wildman–Crippen MR) is 86.2 cm³/mol. The molecule has 1 saturated heterocycles. The van der Waals surface area contributed by atoms with Crippen molar-refractivity contribution >= 4 is 6.08 Å². The zero-order valence-corrected chi connectivity index (χ0v) is 12.4. The summed E-state index contributed by atoms with van der Waals surface area (Å²) in [7, 11) is 0. The molecule has 0 aromatic heterocycles. The van der Waals surface area contributed by atoms with E-state index in [1.54, 1.807) is 6.26 Å². The van der Waals surface area contributed by atoms with Gasteiger partial charge in [-0.2, -0.15) is 0 Å². The van der Waals surface area contributed by atoms with Crippen molar-refractivity contribution in [2.75, 3.05) is 13.2 Å². The lowest BCUT2D eigenvalue weighted by atomic mass is 10.2. The highest BCUT2D eigenvalue weighted by Gasteiger charge is 2.39. The van der Waals surface area contributed by atoms with Crippen LogP contribution in [0.15, 0.2) is 66.9 Å². The van der Waals surface area contributed by atoms with Crippen molar-refractivity contribution in [1.29, 1.82) is 0 Å². The van der Waals surface area contributed by atoms with Crippen LogP contribution in [0.2, 0.25) is 0 Å². The molecule has 22 heavy (non-hydrogen) atoms. The van der Waals surface area contributed by atoms with Gasteiger partial charge in [-0.3, -0.25) is 0 Å². The highest BCUT2D eigenvalue weighted by atomic mass is 16.6. The van der Waals surface area contributed by atoms with Gasteiger partial charge in [0.15, 0.2) is 0 Å². The van der Waals surface area contributed by atoms with Crippen molar-refractivity contribution in [1.82, 2.24) is 0 Å². The molecule has 0 saturated carbocycles. The Labute approximate surface area is 131 Å². The first-order valence-corrected chi connectivity index (χ1v) is 7.52. The van der Waals surface area contributed by atoms with Gasteiger partial charge in [0.1, 0.15) is 18.8 Å². The number of ether oxygens (including phenoxy) is 3. The van der Waals surface area contributed by atoms with Crippen molar-refractivity contribution in [2.45, 2.75) is 18.8 Å². The van der Waals surface area contributed by atoms with Crippen molar-refractivity contribution in [3.05, 3.63) is 78.1 Å². The predicted octanol–water partition coefficient (Wildman–Crippen LogP) is 3.66. The molecule has 3 nitrogen and oxygen atoms in total. The summed E-state index contributed by atoms with van der Waals surface area (Å²) >= 11 is 0. The van der Waals surface area contributed by atoms with Crippen LogP contribution in [-0.2, 0) is 20.8 Å². The minimum absolute atomic E-state index is 0.149. The molecule has 2 aromatic carbocycles. The smallest absolute Gasteiger partial charge is 0.120 e. The maximum atomic E-state index is 5.65. The first-order valence-electron chi connectivity index (χ1n) is 7.52. The lowest BCUT2D eigenvalue weighted by Gasteiger charge is -2.02. The van der Waals surface area contributed by atoms with E-state index in [1.807, 2.05) is 54.6 Å². The van der Waals surface area contributed by atoms with E-state index >= 15 is 0 Å². The summed E-state index contributed by atoms with van der Waals surface area (Å²) in [6, 6.07) is 20.2. The van der Waals surface area contributed by atoms with E-state index in [9.17, 15) is 0 Å². The van der Waals surface area contributed by atoms with Gasteiger partial charge in [0.25, 0.3) is 0 Å². The average molecular weight is 296 g/mol. The Hall–Kier alpha value is -2.10. The van der Waals surface area contributed by atoms with Gasteiger partial charge in [-0.1, -0.05) is 60.7 Å². The lowest BCUT2D eigenvalue weighted by Crippen LogP contribution is -2.08. The molecule has 114 valence electrons. The second kappa shape index (κ2) is 7.78. The standard InChI is InChI=1S/C19H20O3/c1-3-7-16(8-4-1)11-12-20-14-18-19(22-18)15-21-13-17-9-5-2-6-10-17/h1-12,18-19H,13-15H2/b12-11+/t18-,19+/m0/s1. The summed E-state index contributed by atoms with van der Waals surface area (Å²) in [6.07, 6.45) is 3.98. The van der Waals surface area contributed by atoms with Gasteiger partial charge >= 0.3 is 0 Å². The lowest BCUT2D eigenvalue weighted by molar-refractivity contribution is 0.104. The Bertz CT molecular complexity index is 580. The van der Waals surface area contributed by atoms with Crippen LogP contribution in [0.1, 0.15) is 11.1 Å². The molecular formula is C19H20O3. The number of benzene rings is 2. The van der Waals surface area contributed by atoms with Crippen molar-refractivity contribution in [3.63, 3.8) is 0 Å². The monoisotopic (exact) mass is 296 g/mol. The zero-order chi connectivity index (χ0) is 15.0. The fraction of sp³-hybridized carbons (Fsp3) is 0.263. The molecular weight excluding hydrogens is 276 g/mol. The summed E-state index contributed by atoms with van der Waals surface area (Å²) in [5.74, 6) is 0. The molecule has 1 aliphatic rings. The van der Waals surface area contributed by atoms with Crippen LogP contribution in [0.3, 0.4) is 0 Å². The largest absolute Gasteiger partial charge is 0.498 e. The number of hydrogen-bond donors (Lipinski definition) is 0. The molecule has 1 fully saturated rings. The van der Waals surface area contributed by atoms with Gasteiger partial charge in [0.05, 0.1) is 19.5 Å². The molecule has 0 aliphatic carbocycles. The molecule has 1 aliphatic heterocycles. The van der Waals surface area contributed by atoms with Crippen molar-refractivity contribution < 1.29 is 14.2 Å². The first-order chi connectivity index (χ1) is 10.9. The molecule has 0 N–H and O–H groups in total. The highest BCUT2D eigenvalue weighted by Crippen LogP contribution is 2.23. The zero-order valence-electron chi connectivity index (χ0n) is 12.4. The SMILES string of the molecule is C(=C\c1ccccc1)/OC[C@@H]1O[C@@H]1COCc1ccccc1. The van der Waals surface area contributed by atoms with E-state index in [4.69, 9.17) is 14.2 Å². The molecule has 0 radical (unpaired) electrons. The third kappa shape index (κ3) is 4.72. The Balaban J connectivity index is 1.28. The molecule has 3 rings (SSSR count). The Morgan fingerprint density at radius 1 is 0.864 bits per heavy atom. The molecule has 0 unspecified atom stereocenters. The van der Waals surface area contributed by atoms with Crippen LogP contribution in [0, 0.1) is 0 Å². The molecule has 0 amide bonds. The van der Waals surface area contributed by atoms with E-state index in [0.29, 0.717) is 19.8 Å². The molecule has 0 spiro atoms. The van der Waals surface area contributed by atoms with Gasteiger partial charge in [0.2, 0.25) is 0 Å². The fourth-order valence-electron chi connectivity index (χ4n) is 2.18. The maximum Gasteiger partial charge on any atom is 0.120 e. The quantitative estimate of drug-likeness (QED) is 0.550. The topological polar surface area (TPSA) is 31.0 Å². The summed E-state index contributed by atoms with van der Waals surface area (Å²) in [4.78, 5) is 0. The fourth-order valence-corrected chi connectivity index (χ4v) is 2.18. The Kier molecular flexibility index (Phi) is 5.24. The highest BCUT2D eigenvalue weighted by molar-refractivity contribution is 5.47. The maximum absolute atomic E-state index is 5.65. The molecule has 1 heterocycles. The number of epoxide rings is 1. The number of hydrogen-bond acceptors (Lipinski definition) is 3. The van der Waals surface area contributed by atoms with E-state index in [0.717, 1.165) is 5.56 Å². The summed E-state index contributed by atoms with van der Waals surface area (Å²) in [6.45, 7) is 1.82. The van der Waals surface area contributed by atoms with E-state index < -0.39 is 0 Å². The summed E-state index contributed by atoms with van der Waals surface area (Å²) in [5, 5.41) is 0. The van der Waals surface area contributed by atoms with E-state index in [-0.39, 0.29) is 12.2 Å². The second-order valence-electron chi connectivity index (χ2n) is 5.26. The normalized spacial score (nSPS) is 20.2. The number of rotatable bonds is 8. The average Bonchev–Trinajstić information content (AvgIpc) is 3.32. The minimum atomic E-state index is 0.149. The minimum Gasteiger partial charge on any atom is -0.498 e. The third-order valence-electron chi connectivity index (χ3n) is 3.50. The van der Waals surface area contributed by atoms with Crippen LogP contribution < -0.4 is 0 Å². The first kappa shape index (κ1) is 14.8. The van der Waals surface area contributed by atoms with Crippen LogP contribution in [0.25, 0.3) is 6.08 Å². The third-order valence-corrected chi connectivity index (χ3v) is 3.50. The molecule has 2 atom stereocenters. The van der Waals surface area contributed by atoms with Crippen LogP contribution >= 0.6 is 0 Å². The van der Waals surface area contributed by atoms with Crippen LogP contribution in [0.4, 0.5) is 0 Å². The van der Waals surface area contributed by atoms with Gasteiger partial charge in [-0.25, -0.2) is 0 Å². The van der Waals surface area contributed by atoms with Crippen molar-refractivity contribution in [3.8, 4) is 0 Å². The van der Waals surface area contributed by atoms with Crippen molar-refractivity contribution in [2.24, 2.45) is 0 Å². The Morgan fingerprint density at radius 2 is 1.55 bits per heavy atom. The van der Waals surface area contributed by atoms with Crippen LogP contribution in [-0.4, -0.2) is 25.4 Å². The second-order valence-corrected chi connectivity index (χ2v) is 5.26. The molecule has 0 bridgehead atoms. The van der Waals surface area contributed by atoms with Gasteiger partial charge in [0, 0.05) is 0 Å². The summed E-state index contributed by atoms with van der Waals surface area (Å²) in [5.41, 5.74) is 2.31. The molecule has 3 heteroatoms. The van der Waals surface area contributed by atoms with E-state index in [1.165, 1.54) is 5.56 Å². The van der Waals surface area contributed by atoms with Crippen LogP contribution in [0.5, 0.6) is 0 Å². The Morgan fingerprint density at radius 3 is 2.32 bits per heavy atom. The molecule has 2 aromatic rings. The van der Waals surface area contributed by atoms with Gasteiger partial charge < -0.3 is 14.2 Å². The summed E-state index contributed by atoms with van der Waals surface area (Å²) < 4.78 is 16.7. The van der Waals surface area contributed by atoms with Gasteiger partial charge in [-0.05, 0) is 17.2 Å². The van der Waals surface area contributed by atoms with Gasteiger partial charge in [-0.15, -0.1) is 0 Å².